The lowest BCUT2D eigenvalue weighted by molar-refractivity contribution is -0.141. The van der Waals surface area contributed by atoms with Gasteiger partial charge in [0.15, 0.2) is 0 Å². The summed E-state index contributed by atoms with van der Waals surface area (Å²) in [6.07, 6.45) is 0.986. The molecule has 0 saturated carbocycles. The third-order valence-corrected chi connectivity index (χ3v) is 5.04. The number of carboxylic acids is 1. The van der Waals surface area contributed by atoms with Gasteiger partial charge in [0.25, 0.3) is 5.91 Å². The number of rotatable bonds is 5. The molecule has 1 fully saturated rings. The summed E-state index contributed by atoms with van der Waals surface area (Å²) >= 11 is 0. The Morgan fingerprint density at radius 2 is 1.74 bits per heavy atom. The molecule has 0 radical (unpaired) electrons. The van der Waals surface area contributed by atoms with Crippen molar-refractivity contribution in [2.24, 2.45) is 0 Å². The van der Waals surface area contributed by atoms with E-state index < -0.39 is 17.9 Å². The number of hydrogen-bond acceptors (Lipinski definition) is 4. The van der Waals surface area contributed by atoms with Crippen LogP contribution in [0.1, 0.15) is 40.4 Å². The van der Waals surface area contributed by atoms with Crippen LogP contribution in [-0.4, -0.2) is 42.1 Å². The minimum atomic E-state index is -1.01. The zero-order valence-corrected chi connectivity index (χ0v) is 15.6. The van der Waals surface area contributed by atoms with Gasteiger partial charge in [0.1, 0.15) is 23.1 Å². The van der Waals surface area contributed by atoms with E-state index >= 15 is 0 Å². The molecule has 0 spiro atoms. The van der Waals surface area contributed by atoms with Gasteiger partial charge >= 0.3 is 5.97 Å². The van der Waals surface area contributed by atoms with Crippen LogP contribution in [0.25, 0.3) is 0 Å². The van der Waals surface area contributed by atoms with E-state index in [0.717, 1.165) is 11.1 Å². The number of aryl methyl sites for hydroxylation is 1. The van der Waals surface area contributed by atoms with Gasteiger partial charge in [-0.25, -0.2) is 4.79 Å². The normalized spacial score (nSPS) is 19.0. The summed E-state index contributed by atoms with van der Waals surface area (Å²) in [5, 5.41) is 9.70. The third-order valence-electron chi connectivity index (χ3n) is 5.04. The summed E-state index contributed by atoms with van der Waals surface area (Å²) < 4.78 is 10.8. The standard InChI is InChI=1S/C21H23NO5/c1-13-9-12-17(26-2)18(19(13)27-3)20(23)22-15(10-11-16(22)21(24)25)14-7-5-4-6-8-14/h4-9,12,15-16H,10-11H2,1-3H3,(H,24,25)/t15-,16+/m0/s1. The monoisotopic (exact) mass is 369 g/mol. The molecule has 3 rings (SSSR count). The lowest BCUT2D eigenvalue weighted by Gasteiger charge is -2.30. The molecule has 6 nitrogen and oxygen atoms in total. The zero-order valence-electron chi connectivity index (χ0n) is 15.6. The van der Waals surface area contributed by atoms with E-state index in [1.807, 2.05) is 43.3 Å². The number of hydrogen-bond donors (Lipinski definition) is 1. The zero-order chi connectivity index (χ0) is 19.6. The molecule has 1 saturated heterocycles. The summed E-state index contributed by atoms with van der Waals surface area (Å²) in [7, 11) is 2.97. The highest BCUT2D eigenvalue weighted by Gasteiger charge is 2.43. The highest BCUT2D eigenvalue weighted by atomic mass is 16.5. The Morgan fingerprint density at radius 3 is 2.33 bits per heavy atom. The number of carbonyl (C=O) groups is 2. The molecule has 0 unspecified atom stereocenters. The van der Waals surface area contributed by atoms with Gasteiger partial charge in [-0.15, -0.1) is 0 Å². The minimum Gasteiger partial charge on any atom is -0.496 e. The SMILES string of the molecule is COc1ccc(C)c(OC)c1C(=O)N1[C@@H](C(=O)O)CC[C@H]1c1ccccc1. The summed E-state index contributed by atoms with van der Waals surface area (Å²) in [5.41, 5.74) is 1.96. The fourth-order valence-corrected chi connectivity index (χ4v) is 3.77. The lowest BCUT2D eigenvalue weighted by Crippen LogP contribution is -2.42. The van der Waals surface area contributed by atoms with Crippen molar-refractivity contribution in [3.05, 3.63) is 59.2 Å². The fourth-order valence-electron chi connectivity index (χ4n) is 3.77. The van der Waals surface area contributed by atoms with E-state index in [-0.39, 0.29) is 11.6 Å². The first-order valence-corrected chi connectivity index (χ1v) is 8.81. The van der Waals surface area contributed by atoms with Crippen molar-refractivity contribution in [3.63, 3.8) is 0 Å². The largest absolute Gasteiger partial charge is 0.496 e. The van der Waals surface area contributed by atoms with Crippen LogP contribution in [0.2, 0.25) is 0 Å². The second-order valence-corrected chi connectivity index (χ2v) is 6.56. The van der Waals surface area contributed by atoms with Crippen molar-refractivity contribution < 1.29 is 24.2 Å². The molecule has 1 aliphatic rings. The van der Waals surface area contributed by atoms with Crippen molar-refractivity contribution >= 4 is 11.9 Å². The number of ether oxygens (including phenoxy) is 2. The van der Waals surface area contributed by atoms with Crippen LogP contribution in [0.15, 0.2) is 42.5 Å². The van der Waals surface area contributed by atoms with Crippen LogP contribution in [0.4, 0.5) is 0 Å². The number of methoxy groups -OCH3 is 2. The molecule has 0 aromatic heterocycles. The van der Waals surface area contributed by atoms with E-state index in [4.69, 9.17) is 9.47 Å². The first-order chi connectivity index (χ1) is 13.0. The van der Waals surface area contributed by atoms with Gasteiger partial charge in [-0.05, 0) is 37.0 Å². The Kier molecular flexibility index (Phi) is 5.35. The minimum absolute atomic E-state index is 0.258. The molecule has 1 N–H and O–H groups in total. The van der Waals surface area contributed by atoms with Gasteiger partial charge in [-0.1, -0.05) is 36.4 Å². The molecular formula is C21H23NO5. The highest BCUT2D eigenvalue weighted by molar-refractivity contribution is 6.02. The van der Waals surface area contributed by atoms with Gasteiger partial charge in [-0.2, -0.15) is 0 Å². The van der Waals surface area contributed by atoms with E-state index in [9.17, 15) is 14.7 Å². The van der Waals surface area contributed by atoms with E-state index in [2.05, 4.69) is 0 Å². The van der Waals surface area contributed by atoms with Gasteiger partial charge in [-0.3, -0.25) is 4.79 Å². The van der Waals surface area contributed by atoms with Crippen LogP contribution >= 0.6 is 0 Å². The van der Waals surface area contributed by atoms with Gasteiger partial charge in [0.2, 0.25) is 0 Å². The van der Waals surface area contributed by atoms with E-state index in [0.29, 0.717) is 24.3 Å². The summed E-state index contributed by atoms with van der Waals surface area (Å²) in [6.45, 7) is 1.84. The van der Waals surface area contributed by atoms with Crippen molar-refractivity contribution in [2.45, 2.75) is 31.8 Å². The molecule has 0 bridgehead atoms. The summed E-state index contributed by atoms with van der Waals surface area (Å²) in [4.78, 5) is 26.9. The van der Waals surface area contributed by atoms with Crippen LogP contribution in [0.5, 0.6) is 11.5 Å². The Labute approximate surface area is 158 Å². The van der Waals surface area contributed by atoms with E-state index in [1.54, 1.807) is 6.07 Å². The van der Waals surface area contributed by atoms with Gasteiger partial charge < -0.3 is 19.5 Å². The molecule has 2 aromatic rings. The van der Waals surface area contributed by atoms with Crippen LogP contribution < -0.4 is 9.47 Å². The molecule has 142 valence electrons. The number of likely N-dealkylation sites (tertiary alicyclic amines) is 1. The molecule has 6 heteroatoms. The molecule has 2 aromatic carbocycles. The topological polar surface area (TPSA) is 76.1 Å². The number of benzene rings is 2. The molecule has 0 aliphatic carbocycles. The molecular weight excluding hydrogens is 346 g/mol. The number of carbonyl (C=O) groups excluding carboxylic acids is 1. The Hall–Kier alpha value is -3.02. The predicted molar refractivity (Wildman–Crippen MR) is 100 cm³/mol. The predicted octanol–water partition coefficient (Wildman–Crippen LogP) is 3.44. The molecule has 1 aliphatic heterocycles. The molecule has 1 heterocycles. The van der Waals surface area contributed by atoms with Crippen LogP contribution in [0, 0.1) is 6.92 Å². The molecule has 27 heavy (non-hydrogen) atoms. The number of aliphatic carboxylic acids is 1. The fraction of sp³-hybridized carbons (Fsp3) is 0.333. The second kappa shape index (κ2) is 7.70. The van der Waals surface area contributed by atoms with Crippen molar-refractivity contribution in [1.29, 1.82) is 0 Å². The van der Waals surface area contributed by atoms with Crippen LogP contribution in [0.3, 0.4) is 0 Å². The van der Waals surface area contributed by atoms with Crippen LogP contribution in [-0.2, 0) is 4.79 Å². The lowest BCUT2D eigenvalue weighted by atomic mass is 10.0. The maximum Gasteiger partial charge on any atom is 0.326 e. The smallest absolute Gasteiger partial charge is 0.326 e. The van der Waals surface area contributed by atoms with Crippen molar-refractivity contribution in [2.75, 3.05) is 14.2 Å². The van der Waals surface area contributed by atoms with E-state index in [1.165, 1.54) is 19.1 Å². The Balaban J connectivity index is 2.12. The average Bonchev–Trinajstić information content (AvgIpc) is 3.13. The summed E-state index contributed by atoms with van der Waals surface area (Å²) in [5.74, 6) is -0.633. The highest BCUT2D eigenvalue weighted by Crippen LogP contribution is 2.41. The maximum atomic E-state index is 13.6. The summed E-state index contributed by atoms with van der Waals surface area (Å²) in [6, 6.07) is 11.8. The third kappa shape index (κ3) is 3.35. The first-order valence-electron chi connectivity index (χ1n) is 8.81. The van der Waals surface area contributed by atoms with Gasteiger partial charge in [0, 0.05) is 0 Å². The Bertz CT molecular complexity index is 849. The molecule has 2 atom stereocenters. The Morgan fingerprint density at radius 1 is 1.04 bits per heavy atom. The maximum absolute atomic E-state index is 13.6. The average molecular weight is 369 g/mol. The van der Waals surface area contributed by atoms with Crippen molar-refractivity contribution in [3.8, 4) is 11.5 Å². The molecule has 1 amide bonds. The number of carboxylic acid groups (broad SMARTS) is 1. The van der Waals surface area contributed by atoms with Crippen molar-refractivity contribution in [1.82, 2.24) is 4.90 Å². The van der Waals surface area contributed by atoms with Gasteiger partial charge in [0.05, 0.1) is 20.3 Å². The first kappa shape index (κ1) is 18.8. The quantitative estimate of drug-likeness (QED) is 0.874. The number of nitrogens with zero attached hydrogens (tertiary/aromatic N) is 1. The number of amides is 1. The second-order valence-electron chi connectivity index (χ2n) is 6.56.